The van der Waals surface area contributed by atoms with E-state index in [0.717, 1.165) is 5.56 Å². The van der Waals surface area contributed by atoms with E-state index in [1.54, 1.807) is 24.3 Å². The third-order valence-corrected chi connectivity index (χ3v) is 4.29. The Balaban J connectivity index is 1.81. The van der Waals surface area contributed by atoms with Crippen LogP contribution >= 0.6 is 0 Å². The van der Waals surface area contributed by atoms with Gasteiger partial charge < -0.3 is 10.1 Å². The Kier molecular flexibility index (Phi) is 7.93. The fraction of sp³-hybridized carbons (Fsp3) is 0.348. The number of Topliss-reactive ketones (excluding diaryl/α,β-unsaturated/α-hetero) is 1. The first kappa shape index (κ1) is 21.4. The minimum Gasteiger partial charge on any atom is -0.457 e. The molecule has 5 heteroatoms. The van der Waals surface area contributed by atoms with Crippen molar-refractivity contribution in [3.63, 3.8) is 0 Å². The number of benzene rings is 2. The van der Waals surface area contributed by atoms with Crippen molar-refractivity contribution in [2.75, 3.05) is 11.9 Å². The Hall–Kier alpha value is -2.95. The summed E-state index contributed by atoms with van der Waals surface area (Å²) >= 11 is 0. The molecule has 1 atom stereocenters. The molecule has 0 radical (unpaired) electrons. The van der Waals surface area contributed by atoms with Gasteiger partial charge in [-0.2, -0.15) is 0 Å². The van der Waals surface area contributed by atoms with Crippen molar-refractivity contribution in [1.82, 2.24) is 0 Å². The molecule has 2 aromatic rings. The van der Waals surface area contributed by atoms with E-state index in [1.165, 1.54) is 0 Å². The van der Waals surface area contributed by atoms with Crippen molar-refractivity contribution in [3.05, 3.63) is 65.7 Å². The van der Waals surface area contributed by atoms with E-state index in [2.05, 4.69) is 5.32 Å². The van der Waals surface area contributed by atoms with Gasteiger partial charge in [0.15, 0.2) is 12.4 Å². The first-order chi connectivity index (χ1) is 13.3. The lowest BCUT2D eigenvalue weighted by Crippen LogP contribution is -2.16. The van der Waals surface area contributed by atoms with E-state index in [9.17, 15) is 14.4 Å². The molecular formula is C23H27NO4. The van der Waals surface area contributed by atoms with E-state index in [-0.39, 0.29) is 36.6 Å². The number of ketones is 1. The highest BCUT2D eigenvalue weighted by Crippen LogP contribution is 2.19. The largest absolute Gasteiger partial charge is 0.457 e. The van der Waals surface area contributed by atoms with Gasteiger partial charge in [-0.25, -0.2) is 0 Å². The Morgan fingerprint density at radius 2 is 1.54 bits per heavy atom. The molecule has 1 N–H and O–H groups in total. The summed E-state index contributed by atoms with van der Waals surface area (Å²) in [5.74, 6) is -0.434. The van der Waals surface area contributed by atoms with Gasteiger partial charge in [-0.3, -0.25) is 14.4 Å². The van der Waals surface area contributed by atoms with Crippen molar-refractivity contribution in [2.24, 2.45) is 5.92 Å². The van der Waals surface area contributed by atoms with Crippen LogP contribution in [0.15, 0.2) is 54.6 Å². The maximum Gasteiger partial charge on any atom is 0.306 e. The molecule has 2 rings (SSSR count). The molecule has 0 aromatic heterocycles. The number of rotatable bonds is 9. The van der Waals surface area contributed by atoms with Gasteiger partial charge in [-0.15, -0.1) is 0 Å². The van der Waals surface area contributed by atoms with Gasteiger partial charge in [0.05, 0.1) is 6.42 Å². The predicted molar refractivity (Wildman–Crippen MR) is 109 cm³/mol. The molecular weight excluding hydrogens is 354 g/mol. The molecule has 0 unspecified atom stereocenters. The highest BCUT2D eigenvalue weighted by molar-refractivity contribution is 5.98. The van der Waals surface area contributed by atoms with E-state index in [0.29, 0.717) is 17.7 Å². The van der Waals surface area contributed by atoms with Crippen molar-refractivity contribution in [1.29, 1.82) is 0 Å². The van der Waals surface area contributed by atoms with E-state index >= 15 is 0 Å². The summed E-state index contributed by atoms with van der Waals surface area (Å²) in [5, 5.41) is 2.79. The average Bonchev–Trinajstić information content (AvgIpc) is 2.66. The van der Waals surface area contributed by atoms with Gasteiger partial charge in [0.25, 0.3) is 0 Å². The van der Waals surface area contributed by atoms with Crippen LogP contribution < -0.4 is 5.32 Å². The number of ether oxygens (including phenoxy) is 1. The molecule has 0 aliphatic carbocycles. The number of hydrogen-bond acceptors (Lipinski definition) is 4. The van der Waals surface area contributed by atoms with Crippen LogP contribution in [-0.2, 0) is 14.3 Å². The first-order valence-corrected chi connectivity index (χ1v) is 9.49. The molecule has 0 bridgehead atoms. The highest BCUT2D eigenvalue weighted by atomic mass is 16.5. The smallest absolute Gasteiger partial charge is 0.306 e. The molecule has 0 aliphatic heterocycles. The summed E-state index contributed by atoms with van der Waals surface area (Å²) in [6.07, 6.45) is 0.663. The maximum atomic E-state index is 12.2. The number of esters is 1. The molecule has 148 valence electrons. The average molecular weight is 381 g/mol. The lowest BCUT2D eigenvalue weighted by Gasteiger charge is -2.11. The van der Waals surface area contributed by atoms with Gasteiger partial charge in [0.1, 0.15) is 0 Å². The van der Waals surface area contributed by atoms with Crippen LogP contribution in [0.25, 0.3) is 0 Å². The lowest BCUT2D eigenvalue weighted by molar-refractivity contribution is -0.142. The van der Waals surface area contributed by atoms with E-state index in [1.807, 2.05) is 51.1 Å². The number of nitrogens with one attached hydrogen (secondary N) is 1. The van der Waals surface area contributed by atoms with Crippen molar-refractivity contribution < 1.29 is 19.1 Å². The number of carbonyl (C=O) groups is 3. The maximum absolute atomic E-state index is 12.2. The van der Waals surface area contributed by atoms with Crippen LogP contribution in [0.1, 0.15) is 55.5 Å². The number of carbonyl (C=O) groups excluding carboxylic acids is 3. The van der Waals surface area contributed by atoms with Crippen molar-refractivity contribution in [2.45, 2.75) is 39.5 Å². The molecule has 0 fully saturated rings. The molecule has 0 saturated heterocycles. The number of amides is 1. The van der Waals surface area contributed by atoms with Crippen molar-refractivity contribution >= 4 is 23.3 Å². The van der Waals surface area contributed by atoms with Crippen molar-refractivity contribution in [3.8, 4) is 0 Å². The molecule has 5 nitrogen and oxygen atoms in total. The summed E-state index contributed by atoms with van der Waals surface area (Å²) in [6, 6.07) is 16.3. The molecule has 2 aromatic carbocycles. The minimum atomic E-state index is -0.401. The number of anilines is 1. The quantitative estimate of drug-likeness (QED) is 0.509. The van der Waals surface area contributed by atoms with Gasteiger partial charge >= 0.3 is 5.97 Å². The third-order valence-electron chi connectivity index (χ3n) is 4.29. The first-order valence-electron chi connectivity index (χ1n) is 9.49. The van der Waals surface area contributed by atoms with Crippen LogP contribution in [0.2, 0.25) is 0 Å². The standard InChI is InChI=1S/C23H27NO4/c1-16(2)13-22(26)24-20-11-9-19(10-12-20)21(25)15-28-23(27)14-17(3)18-7-5-4-6-8-18/h4-12,16-17H,13-15H2,1-3H3,(H,24,26)/t17-/m1/s1. The molecule has 0 spiro atoms. The Morgan fingerprint density at radius 3 is 2.14 bits per heavy atom. The second-order valence-electron chi connectivity index (χ2n) is 7.32. The third kappa shape index (κ3) is 6.99. The summed E-state index contributed by atoms with van der Waals surface area (Å²) in [4.78, 5) is 36.0. The molecule has 0 saturated carbocycles. The number of hydrogen-bond donors (Lipinski definition) is 1. The van der Waals surface area contributed by atoms with Crippen LogP contribution in [-0.4, -0.2) is 24.3 Å². The fourth-order valence-electron chi connectivity index (χ4n) is 2.76. The summed E-state index contributed by atoms with van der Waals surface area (Å²) < 4.78 is 5.13. The fourth-order valence-corrected chi connectivity index (χ4v) is 2.76. The predicted octanol–water partition coefficient (Wildman–Crippen LogP) is 4.59. The normalized spacial score (nSPS) is 11.7. The monoisotopic (exact) mass is 381 g/mol. The van der Waals surface area contributed by atoms with Gasteiger partial charge in [-0.05, 0) is 41.7 Å². The molecule has 28 heavy (non-hydrogen) atoms. The van der Waals surface area contributed by atoms with Gasteiger partial charge in [0, 0.05) is 17.7 Å². The second kappa shape index (κ2) is 10.4. The summed E-state index contributed by atoms with van der Waals surface area (Å²) in [5.41, 5.74) is 2.13. The second-order valence-corrected chi connectivity index (χ2v) is 7.32. The molecule has 0 heterocycles. The molecule has 0 aliphatic rings. The van der Waals surface area contributed by atoms with Crippen LogP contribution in [0.4, 0.5) is 5.69 Å². The zero-order chi connectivity index (χ0) is 20.5. The Labute approximate surface area is 166 Å². The topological polar surface area (TPSA) is 72.5 Å². The van der Waals surface area contributed by atoms with Crippen LogP contribution in [0.5, 0.6) is 0 Å². The van der Waals surface area contributed by atoms with Gasteiger partial charge in [0.2, 0.25) is 5.91 Å². The lowest BCUT2D eigenvalue weighted by atomic mass is 9.98. The zero-order valence-corrected chi connectivity index (χ0v) is 16.6. The zero-order valence-electron chi connectivity index (χ0n) is 16.6. The summed E-state index contributed by atoms with van der Waals surface area (Å²) in [7, 11) is 0. The Bertz CT molecular complexity index is 797. The Morgan fingerprint density at radius 1 is 0.893 bits per heavy atom. The van der Waals surface area contributed by atoms with Crippen LogP contribution in [0, 0.1) is 5.92 Å². The SMILES string of the molecule is CC(C)CC(=O)Nc1ccc(C(=O)COC(=O)C[C@@H](C)c2ccccc2)cc1. The van der Waals surface area contributed by atoms with E-state index in [4.69, 9.17) is 4.74 Å². The van der Waals surface area contributed by atoms with Crippen LogP contribution in [0.3, 0.4) is 0 Å². The minimum absolute atomic E-state index is 0.0255. The highest BCUT2D eigenvalue weighted by Gasteiger charge is 2.15. The molecule has 1 amide bonds. The van der Waals surface area contributed by atoms with E-state index < -0.39 is 5.97 Å². The van der Waals surface area contributed by atoms with Gasteiger partial charge in [-0.1, -0.05) is 51.1 Å². The summed E-state index contributed by atoms with van der Waals surface area (Å²) in [6.45, 7) is 5.61.